The van der Waals surface area contributed by atoms with Gasteiger partial charge in [-0.1, -0.05) is 17.8 Å². The number of ketones is 1. The minimum Gasteiger partial charge on any atom is -0.381 e. The second-order valence-corrected chi connectivity index (χ2v) is 6.07. The highest BCUT2D eigenvalue weighted by molar-refractivity contribution is 5.93. The Kier molecular flexibility index (Phi) is 12.8. The maximum absolute atomic E-state index is 10.4. The molecule has 1 N–H and O–H groups in total. The lowest BCUT2D eigenvalue weighted by Crippen LogP contribution is -2.22. The number of aliphatic hydroxyl groups excluding tert-OH is 1. The Bertz CT molecular complexity index is 496. The zero-order valence-electron chi connectivity index (χ0n) is 15.8. The third kappa shape index (κ3) is 12.9. The minimum atomic E-state index is -0.573. The van der Waals surface area contributed by atoms with Gasteiger partial charge < -0.3 is 24.1 Å². The molecule has 146 valence electrons. The van der Waals surface area contributed by atoms with Gasteiger partial charge in [0.2, 0.25) is 5.78 Å². The zero-order chi connectivity index (χ0) is 19.0. The van der Waals surface area contributed by atoms with Crippen molar-refractivity contribution in [3.05, 3.63) is 0 Å². The van der Waals surface area contributed by atoms with E-state index in [1.54, 1.807) is 6.92 Å². The van der Waals surface area contributed by atoms with Crippen LogP contribution >= 0.6 is 0 Å². The van der Waals surface area contributed by atoms with Gasteiger partial charge in [0.05, 0.1) is 0 Å². The summed E-state index contributed by atoms with van der Waals surface area (Å²) in [6.45, 7) is 5.24. The molecule has 26 heavy (non-hydrogen) atoms. The Hall–Kier alpha value is -1.41. The van der Waals surface area contributed by atoms with E-state index in [0.717, 1.165) is 51.7 Å². The normalized spacial score (nSPS) is 23.2. The molecule has 0 aromatic heterocycles. The van der Waals surface area contributed by atoms with Crippen molar-refractivity contribution < 1.29 is 28.8 Å². The molecule has 2 rings (SSSR count). The predicted molar refractivity (Wildman–Crippen MR) is 97.0 cm³/mol. The first-order valence-electron chi connectivity index (χ1n) is 9.20. The summed E-state index contributed by atoms with van der Waals surface area (Å²) in [7, 11) is 0. The summed E-state index contributed by atoms with van der Waals surface area (Å²) >= 11 is 0. The lowest BCUT2D eigenvalue weighted by atomic mass is 10.2. The lowest BCUT2D eigenvalue weighted by molar-refractivity contribution is -0.154. The second kappa shape index (κ2) is 14.7. The number of carbonyl (C=O) groups excluding carboxylic acids is 1. The third-order valence-corrected chi connectivity index (χ3v) is 3.53. The first kappa shape index (κ1) is 22.6. The van der Waals surface area contributed by atoms with Crippen LogP contribution in [0.25, 0.3) is 0 Å². The molecule has 0 aromatic rings. The number of rotatable bonds is 4. The van der Waals surface area contributed by atoms with Crippen molar-refractivity contribution in [1.82, 2.24) is 0 Å². The molecule has 3 atom stereocenters. The standard InChI is InChI=1S/C10H16O3.C10H14O3/c2*1-9(11)5-4-8-13-10-6-2-3-7-12-10/h9-11H,2-3,6-8H2,1H3;10H,2-3,6-8H2,1H3/t9-,10?;/m0./s1. The largest absolute Gasteiger partial charge is 0.381 e. The van der Waals surface area contributed by atoms with Crippen molar-refractivity contribution in [2.24, 2.45) is 0 Å². The highest BCUT2D eigenvalue weighted by Gasteiger charge is 2.13. The molecule has 2 aliphatic rings. The summed E-state index contributed by atoms with van der Waals surface area (Å²) in [5.41, 5.74) is 0. The van der Waals surface area contributed by atoms with Gasteiger partial charge in [-0.15, -0.1) is 0 Å². The van der Waals surface area contributed by atoms with Crippen molar-refractivity contribution in [1.29, 1.82) is 0 Å². The van der Waals surface area contributed by atoms with Crippen LogP contribution in [0, 0.1) is 23.7 Å². The minimum absolute atomic E-state index is 0.0861. The Morgan fingerprint density at radius 2 is 1.58 bits per heavy atom. The lowest BCUT2D eigenvalue weighted by Gasteiger charge is -2.21. The fraction of sp³-hybridized carbons (Fsp3) is 0.750. The zero-order valence-corrected chi connectivity index (χ0v) is 15.8. The maximum Gasteiger partial charge on any atom is 0.202 e. The van der Waals surface area contributed by atoms with Crippen LogP contribution in [0.2, 0.25) is 0 Å². The molecule has 0 spiro atoms. The van der Waals surface area contributed by atoms with E-state index in [0.29, 0.717) is 6.61 Å². The van der Waals surface area contributed by atoms with E-state index in [4.69, 9.17) is 24.1 Å². The van der Waals surface area contributed by atoms with Gasteiger partial charge in [-0.2, -0.15) is 0 Å². The van der Waals surface area contributed by atoms with Gasteiger partial charge in [0.25, 0.3) is 0 Å². The van der Waals surface area contributed by atoms with Gasteiger partial charge in [-0.25, -0.2) is 0 Å². The van der Waals surface area contributed by atoms with Gasteiger partial charge in [-0.05, 0) is 51.4 Å². The molecule has 2 fully saturated rings. The molecule has 0 radical (unpaired) electrons. The number of Topliss-reactive ketones (excluding diaryl/α,β-unsaturated/α-hetero) is 1. The smallest absolute Gasteiger partial charge is 0.202 e. The predicted octanol–water partition coefficient (Wildman–Crippen LogP) is 2.04. The highest BCUT2D eigenvalue weighted by atomic mass is 16.7. The average Bonchev–Trinajstić information content (AvgIpc) is 2.64. The molecule has 2 heterocycles. The fourth-order valence-electron chi connectivity index (χ4n) is 2.30. The number of carbonyl (C=O) groups is 1. The van der Waals surface area contributed by atoms with Gasteiger partial charge in [-0.3, -0.25) is 4.79 Å². The summed E-state index contributed by atoms with van der Waals surface area (Å²) in [5, 5.41) is 8.83. The van der Waals surface area contributed by atoms with Crippen molar-refractivity contribution in [3.63, 3.8) is 0 Å². The summed E-state index contributed by atoms with van der Waals surface area (Å²) in [4.78, 5) is 10.4. The van der Waals surface area contributed by atoms with Crippen molar-refractivity contribution in [2.45, 2.75) is 71.1 Å². The number of hydrogen-bond acceptors (Lipinski definition) is 6. The molecule has 0 saturated carbocycles. The van der Waals surface area contributed by atoms with Crippen LogP contribution in [0.4, 0.5) is 0 Å². The topological polar surface area (TPSA) is 74.2 Å². The van der Waals surface area contributed by atoms with Crippen LogP contribution in [0.3, 0.4) is 0 Å². The fourth-order valence-corrected chi connectivity index (χ4v) is 2.30. The van der Waals surface area contributed by atoms with Gasteiger partial charge in [0.15, 0.2) is 12.6 Å². The van der Waals surface area contributed by atoms with E-state index in [-0.39, 0.29) is 25.0 Å². The Labute approximate surface area is 156 Å². The van der Waals surface area contributed by atoms with Crippen LogP contribution in [-0.2, 0) is 23.7 Å². The van der Waals surface area contributed by atoms with Gasteiger partial charge in [0.1, 0.15) is 19.3 Å². The van der Waals surface area contributed by atoms with Crippen LogP contribution < -0.4 is 0 Å². The van der Waals surface area contributed by atoms with Gasteiger partial charge in [0, 0.05) is 20.1 Å². The molecule has 2 saturated heterocycles. The SMILES string of the molecule is CC(=O)C#CCOC1CCCCO1.C[C@H](O)C#CCOC1CCCCO1. The Morgan fingerprint density at radius 3 is 2.00 bits per heavy atom. The number of aliphatic hydroxyl groups is 1. The van der Waals surface area contributed by atoms with E-state index in [2.05, 4.69) is 23.7 Å². The Balaban J connectivity index is 0.000000260. The monoisotopic (exact) mass is 366 g/mol. The molecular formula is C20H30O6. The second-order valence-electron chi connectivity index (χ2n) is 6.07. The van der Waals surface area contributed by atoms with Crippen LogP contribution in [-0.4, -0.2) is 56.0 Å². The summed E-state index contributed by atoms with van der Waals surface area (Å²) in [5.74, 6) is 10.3. The van der Waals surface area contributed by atoms with E-state index in [1.165, 1.54) is 6.92 Å². The van der Waals surface area contributed by atoms with Crippen molar-refractivity contribution in [2.75, 3.05) is 26.4 Å². The molecule has 0 bridgehead atoms. The van der Waals surface area contributed by atoms with Crippen LogP contribution in [0.1, 0.15) is 52.4 Å². The molecule has 6 nitrogen and oxygen atoms in total. The summed E-state index contributed by atoms with van der Waals surface area (Å²) in [6, 6.07) is 0. The summed E-state index contributed by atoms with van der Waals surface area (Å²) in [6.07, 6.45) is 5.65. The van der Waals surface area contributed by atoms with Crippen molar-refractivity contribution in [3.8, 4) is 23.7 Å². The van der Waals surface area contributed by atoms with Crippen molar-refractivity contribution >= 4 is 5.78 Å². The molecular weight excluding hydrogens is 336 g/mol. The maximum atomic E-state index is 10.4. The van der Waals surface area contributed by atoms with E-state index in [9.17, 15) is 4.79 Å². The van der Waals surface area contributed by atoms with E-state index < -0.39 is 6.10 Å². The summed E-state index contributed by atoms with van der Waals surface area (Å²) < 4.78 is 21.3. The molecule has 2 aliphatic heterocycles. The highest BCUT2D eigenvalue weighted by Crippen LogP contribution is 2.13. The van der Waals surface area contributed by atoms with Gasteiger partial charge >= 0.3 is 0 Å². The molecule has 2 unspecified atom stereocenters. The number of hydrogen-bond donors (Lipinski definition) is 1. The average molecular weight is 366 g/mol. The first-order chi connectivity index (χ1) is 12.6. The van der Waals surface area contributed by atoms with Crippen LogP contribution in [0.15, 0.2) is 0 Å². The number of ether oxygens (including phenoxy) is 4. The quantitative estimate of drug-likeness (QED) is 0.606. The third-order valence-electron chi connectivity index (χ3n) is 3.53. The molecule has 0 aliphatic carbocycles. The van der Waals surface area contributed by atoms with E-state index in [1.807, 2.05) is 0 Å². The molecule has 6 heteroatoms. The first-order valence-corrected chi connectivity index (χ1v) is 9.20. The molecule has 0 amide bonds. The molecule has 0 aromatic carbocycles. The Morgan fingerprint density at radius 1 is 1.04 bits per heavy atom. The van der Waals surface area contributed by atoms with E-state index >= 15 is 0 Å². The van der Waals surface area contributed by atoms with Crippen LogP contribution in [0.5, 0.6) is 0 Å².